The number of carbonyl (C=O) groups excluding carboxylic acids is 2. The van der Waals surface area contributed by atoms with Gasteiger partial charge in [-0.3, -0.25) is 4.79 Å². The maximum Gasteiger partial charge on any atom is 0.344 e. The summed E-state index contributed by atoms with van der Waals surface area (Å²) in [5.74, 6) is -0.315. The van der Waals surface area contributed by atoms with E-state index < -0.39 is 11.9 Å². The number of hydrogen-bond donors (Lipinski definition) is 1. The first-order chi connectivity index (χ1) is 17.9. The molecule has 1 amide bonds. The smallest absolute Gasteiger partial charge is 0.344 e. The van der Waals surface area contributed by atoms with Crippen LogP contribution in [0, 0.1) is 0 Å². The van der Waals surface area contributed by atoms with Crippen molar-refractivity contribution in [1.29, 1.82) is 0 Å². The summed E-state index contributed by atoms with van der Waals surface area (Å²) in [7, 11) is 1.55. The molecule has 0 unspecified atom stereocenters. The number of methoxy groups -OCH3 is 1. The number of benzene rings is 3. The van der Waals surface area contributed by atoms with E-state index in [9.17, 15) is 14.7 Å². The van der Waals surface area contributed by atoms with E-state index in [1.807, 2.05) is 24.3 Å². The molecule has 0 bridgehead atoms. The van der Waals surface area contributed by atoms with Gasteiger partial charge in [-0.25, -0.2) is 9.79 Å². The van der Waals surface area contributed by atoms with Crippen molar-refractivity contribution in [2.24, 2.45) is 4.99 Å². The van der Waals surface area contributed by atoms with E-state index >= 15 is 0 Å². The largest absolute Gasteiger partial charge is 0.506 e. The normalized spacial score (nSPS) is 15.4. The van der Waals surface area contributed by atoms with Gasteiger partial charge >= 0.3 is 5.97 Å². The summed E-state index contributed by atoms with van der Waals surface area (Å²) in [6, 6.07) is 19.7. The molecule has 1 aliphatic rings. The van der Waals surface area contributed by atoms with Gasteiger partial charge in [0.05, 0.1) is 18.6 Å². The number of carbonyl (C=O) groups is 2. The molecule has 1 heterocycles. The van der Waals surface area contributed by atoms with Crippen LogP contribution in [0.15, 0.2) is 81.9 Å². The minimum atomic E-state index is -0.728. The number of fused-ring (bicyclic) bond motifs is 1. The third-order valence-electron chi connectivity index (χ3n) is 5.59. The van der Waals surface area contributed by atoms with Gasteiger partial charge in [-0.2, -0.15) is 0 Å². The summed E-state index contributed by atoms with van der Waals surface area (Å²) in [6.45, 7) is 3.84. The number of ether oxygens (including phenoxy) is 3. The fourth-order valence-corrected chi connectivity index (χ4v) is 4.75. The highest BCUT2D eigenvalue weighted by atomic mass is 32.2. The van der Waals surface area contributed by atoms with Crippen molar-refractivity contribution >= 4 is 45.5 Å². The van der Waals surface area contributed by atoms with Crippen LogP contribution in [-0.2, 0) is 20.9 Å². The predicted molar refractivity (Wildman–Crippen MR) is 146 cm³/mol. The van der Waals surface area contributed by atoms with Gasteiger partial charge in [-0.15, -0.1) is 0 Å². The summed E-state index contributed by atoms with van der Waals surface area (Å²) in [4.78, 5) is 28.7. The van der Waals surface area contributed by atoms with Gasteiger partial charge < -0.3 is 19.3 Å². The SMILES string of the molecule is CCOC(=O)C1=C(O)/C(=C/c2ccc(OCc3ccc4ccccc4c3)c(OC)c2)SC1=NC(=O)CC. The van der Waals surface area contributed by atoms with Gasteiger partial charge in [0.1, 0.15) is 23.0 Å². The van der Waals surface area contributed by atoms with E-state index in [-0.39, 0.29) is 29.4 Å². The Hall–Kier alpha value is -4.04. The monoisotopic (exact) mass is 517 g/mol. The molecule has 37 heavy (non-hydrogen) atoms. The van der Waals surface area contributed by atoms with Gasteiger partial charge in [-0.05, 0) is 53.1 Å². The summed E-state index contributed by atoms with van der Waals surface area (Å²) in [5, 5.41) is 13.2. The Morgan fingerprint density at radius 3 is 2.51 bits per heavy atom. The van der Waals surface area contributed by atoms with Crippen molar-refractivity contribution in [3.63, 3.8) is 0 Å². The van der Waals surface area contributed by atoms with Crippen LogP contribution in [0.5, 0.6) is 11.5 Å². The zero-order valence-corrected chi connectivity index (χ0v) is 21.6. The van der Waals surface area contributed by atoms with Crippen molar-refractivity contribution in [1.82, 2.24) is 0 Å². The van der Waals surface area contributed by atoms with E-state index in [0.717, 1.165) is 22.7 Å². The number of hydrogen-bond acceptors (Lipinski definition) is 7. The molecule has 0 saturated carbocycles. The number of aliphatic hydroxyl groups is 1. The average molecular weight is 518 g/mol. The maximum absolute atomic E-state index is 12.4. The molecule has 0 fully saturated rings. The van der Waals surface area contributed by atoms with Gasteiger partial charge in [0.15, 0.2) is 11.5 Å². The number of aliphatic hydroxyl groups excluding tert-OH is 1. The molecule has 0 aromatic heterocycles. The van der Waals surface area contributed by atoms with Crippen molar-refractivity contribution in [3.8, 4) is 11.5 Å². The van der Waals surface area contributed by atoms with E-state index in [2.05, 4.69) is 29.3 Å². The number of amides is 1. The first-order valence-electron chi connectivity index (χ1n) is 11.8. The van der Waals surface area contributed by atoms with E-state index in [0.29, 0.717) is 28.6 Å². The summed E-state index contributed by atoms with van der Waals surface area (Å²) < 4.78 is 16.6. The molecule has 4 rings (SSSR count). The molecule has 0 aliphatic carbocycles. The van der Waals surface area contributed by atoms with E-state index in [4.69, 9.17) is 14.2 Å². The molecule has 3 aromatic carbocycles. The van der Waals surface area contributed by atoms with Crippen LogP contribution in [0.3, 0.4) is 0 Å². The molecule has 0 saturated heterocycles. The minimum Gasteiger partial charge on any atom is -0.506 e. The lowest BCUT2D eigenvalue weighted by atomic mass is 10.1. The van der Waals surface area contributed by atoms with Crippen molar-refractivity contribution in [2.75, 3.05) is 13.7 Å². The quantitative estimate of drug-likeness (QED) is 0.354. The van der Waals surface area contributed by atoms with Crippen LogP contribution in [0.25, 0.3) is 16.8 Å². The fourth-order valence-electron chi connectivity index (χ4n) is 3.72. The van der Waals surface area contributed by atoms with Crippen LogP contribution in [0.4, 0.5) is 0 Å². The number of rotatable bonds is 8. The molecule has 7 nitrogen and oxygen atoms in total. The number of esters is 1. The van der Waals surface area contributed by atoms with Gasteiger partial charge in [-0.1, -0.05) is 61.2 Å². The summed E-state index contributed by atoms with van der Waals surface area (Å²) in [5.41, 5.74) is 1.63. The highest BCUT2D eigenvalue weighted by Crippen LogP contribution is 2.40. The minimum absolute atomic E-state index is 0.109. The first kappa shape index (κ1) is 26.0. The molecule has 8 heteroatoms. The van der Waals surface area contributed by atoms with Crippen LogP contribution >= 0.6 is 11.8 Å². The van der Waals surface area contributed by atoms with Crippen molar-refractivity contribution in [2.45, 2.75) is 26.9 Å². The number of thioether (sulfide) groups is 1. The lowest BCUT2D eigenvalue weighted by molar-refractivity contribution is -0.138. The van der Waals surface area contributed by atoms with E-state index in [1.165, 1.54) is 5.39 Å². The second-order valence-electron chi connectivity index (χ2n) is 8.10. The Kier molecular flexibility index (Phi) is 8.30. The molecule has 1 aliphatic heterocycles. The highest BCUT2D eigenvalue weighted by Gasteiger charge is 2.33. The van der Waals surface area contributed by atoms with Crippen LogP contribution in [-0.4, -0.2) is 35.7 Å². The lowest BCUT2D eigenvalue weighted by Gasteiger charge is -2.12. The third kappa shape index (κ3) is 6.03. The number of nitrogens with zero attached hydrogens (tertiary/aromatic N) is 1. The van der Waals surface area contributed by atoms with Gasteiger partial charge in [0.2, 0.25) is 5.91 Å². The predicted octanol–water partition coefficient (Wildman–Crippen LogP) is 6.23. The second-order valence-corrected chi connectivity index (χ2v) is 9.13. The molecule has 0 spiro atoms. The van der Waals surface area contributed by atoms with E-state index in [1.54, 1.807) is 39.2 Å². The zero-order valence-electron chi connectivity index (χ0n) is 20.8. The Balaban J connectivity index is 1.57. The lowest BCUT2D eigenvalue weighted by Crippen LogP contribution is -2.14. The second kappa shape index (κ2) is 11.8. The molecule has 190 valence electrons. The molecule has 0 radical (unpaired) electrons. The molecule has 1 N–H and O–H groups in total. The third-order valence-corrected chi connectivity index (χ3v) is 6.61. The fraction of sp³-hybridized carbons (Fsp3) is 0.207. The zero-order chi connectivity index (χ0) is 26.4. The number of aliphatic imine (C=N–C) groups is 1. The molecule has 3 aromatic rings. The van der Waals surface area contributed by atoms with Crippen molar-refractivity contribution in [3.05, 3.63) is 88.0 Å². The molecule has 0 atom stereocenters. The van der Waals surface area contributed by atoms with Gasteiger partial charge in [0.25, 0.3) is 0 Å². The van der Waals surface area contributed by atoms with Crippen LogP contribution in [0.2, 0.25) is 0 Å². The Morgan fingerprint density at radius 1 is 1.00 bits per heavy atom. The summed E-state index contributed by atoms with van der Waals surface area (Å²) in [6.07, 6.45) is 1.87. The van der Waals surface area contributed by atoms with Crippen molar-refractivity contribution < 1.29 is 28.9 Å². The Morgan fingerprint density at radius 2 is 1.78 bits per heavy atom. The molecular formula is C29H27NO6S. The Labute approximate surface area is 219 Å². The van der Waals surface area contributed by atoms with Gasteiger partial charge in [0, 0.05) is 6.42 Å². The standard InChI is InChI=1S/C29H27NO6S/c1-4-25(31)30-28-26(29(33)35-5-2)27(32)24(37-28)16-18-11-13-22(23(15-18)34-3)36-17-19-10-12-20-8-6-7-9-21(20)14-19/h6-16,32H,4-5,17H2,1-3H3/b24-16-,30-28?. The maximum atomic E-state index is 12.4. The van der Waals surface area contributed by atoms with Crippen LogP contribution in [0.1, 0.15) is 31.4 Å². The highest BCUT2D eigenvalue weighted by molar-refractivity contribution is 8.18. The Bertz CT molecular complexity index is 1440. The average Bonchev–Trinajstić information content (AvgIpc) is 3.21. The summed E-state index contributed by atoms with van der Waals surface area (Å²) >= 11 is 1.04. The molecular weight excluding hydrogens is 490 g/mol. The first-order valence-corrected chi connectivity index (χ1v) is 12.7. The van der Waals surface area contributed by atoms with Crippen LogP contribution < -0.4 is 9.47 Å². The topological polar surface area (TPSA) is 94.4 Å².